The topological polar surface area (TPSA) is 71.1 Å². The maximum absolute atomic E-state index is 11.0. The zero-order valence-electron chi connectivity index (χ0n) is 21.3. The lowest BCUT2D eigenvalue weighted by atomic mass is 10.0. The Hall–Kier alpha value is -4.58. The summed E-state index contributed by atoms with van der Waals surface area (Å²) >= 11 is 0. The second kappa shape index (κ2) is 15.5. The van der Waals surface area contributed by atoms with Crippen LogP contribution in [0.5, 0.6) is 11.5 Å². The third-order valence-corrected chi connectivity index (χ3v) is 5.47. The summed E-state index contributed by atoms with van der Waals surface area (Å²) < 4.78 is 21.2. The zero-order valence-corrected chi connectivity index (χ0v) is 21.3. The Balaban J connectivity index is 1.44. The Labute approximate surface area is 223 Å². The monoisotopic (exact) mass is 512 g/mol. The van der Waals surface area contributed by atoms with Crippen LogP contribution >= 0.6 is 0 Å². The fraction of sp³-hybridized carbons (Fsp3) is 0.188. The molecular formula is C32H32O6. The smallest absolute Gasteiger partial charge is 0.330 e. The van der Waals surface area contributed by atoms with Crippen LogP contribution < -0.4 is 9.47 Å². The summed E-state index contributed by atoms with van der Waals surface area (Å²) in [7, 11) is 0. The molecule has 0 N–H and O–H groups in total. The maximum atomic E-state index is 11.0. The van der Waals surface area contributed by atoms with E-state index in [1.54, 1.807) is 12.3 Å². The first-order valence-corrected chi connectivity index (χ1v) is 12.4. The van der Waals surface area contributed by atoms with Gasteiger partial charge in [0, 0.05) is 18.6 Å². The largest absolute Gasteiger partial charge is 0.494 e. The minimum Gasteiger partial charge on any atom is -0.494 e. The van der Waals surface area contributed by atoms with Gasteiger partial charge in [-0.05, 0) is 65.4 Å². The standard InChI is InChI=1S/C32H32O6/c1-3-31(33)37-23-7-5-21-35-29-17-13-27(14-18-29)25-9-11-26(12-10-25)28-15-19-30(20-16-28)36-22-6-8-24-38-32(34)4-2/h3-5,9-21H,1-2,6-8,22-24H2/b21-5+. The Bertz CT molecular complexity index is 1210. The van der Waals surface area contributed by atoms with Crippen molar-refractivity contribution >= 4 is 11.9 Å². The molecule has 196 valence electrons. The number of carbonyl (C=O) groups excluding carboxylic acids is 2. The number of hydrogen-bond acceptors (Lipinski definition) is 6. The average molecular weight is 513 g/mol. The fourth-order valence-electron chi connectivity index (χ4n) is 3.43. The van der Waals surface area contributed by atoms with Crippen LogP contribution in [0, 0.1) is 0 Å². The van der Waals surface area contributed by atoms with E-state index >= 15 is 0 Å². The van der Waals surface area contributed by atoms with Crippen LogP contribution in [0.2, 0.25) is 0 Å². The molecule has 3 rings (SSSR count). The van der Waals surface area contributed by atoms with Crippen LogP contribution in [0.4, 0.5) is 0 Å². The second-order valence-electron chi connectivity index (χ2n) is 8.20. The molecule has 0 aliphatic heterocycles. The van der Waals surface area contributed by atoms with Crippen LogP contribution in [0.3, 0.4) is 0 Å². The number of ether oxygens (including phenoxy) is 4. The highest BCUT2D eigenvalue weighted by Gasteiger charge is 2.03. The van der Waals surface area contributed by atoms with Gasteiger partial charge in [0.25, 0.3) is 0 Å². The van der Waals surface area contributed by atoms with Gasteiger partial charge in [-0.15, -0.1) is 0 Å². The number of benzene rings is 3. The van der Waals surface area contributed by atoms with Crippen molar-refractivity contribution in [1.29, 1.82) is 0 Å². The minimum absolute atomic E-state index is 0.287. The molecule has 38 heavy (non-hydrogen) atoms. The van der Waals surface area contributed by atoms with E-state index in [1.807, 2.05) is 48.5 Å². The maximum Gasteiger partial charge on any atom is 0.330 e. The molecule has 3 aromatic carbocycles. The number of unbranched alkanes of at least 4 members (excludes halogenated alkanes) is 1. The summed E-state index contributed by atoms with van der Waals surface area (Å²) in [4.78, 5) is 22.0. The number of hydrogen-bond donors (Lipinski definition) is 0. The van der Waals surface area contributed by atoms with Gasteiger partial charge in [-0.25, -0.2) is 9.59 Å². The summed E-state index contributed by atoms with van der Waals surface area (Å²) in [6, 6.07) is 24.3. The quantitative estimate of drug-likeness (QED) is 0.0953. The highest BCUT2D eigenvalue weighted by molar-refractivity contribution is 5.81. The van der Waals surface area contributed by atoms with E-state index in [-0.39, 0.29) is 6.61 Å². The van der Waals surface area contributed by atoms with Gasteiger partial charge in [-0.1, -0.05) is 61.7 Å². The summed E-state index contributed by atoms with van der Waals surface area (Å²) in [5.41, 5.74) is 4.43. The Morgan fingerprint density at radius 1 is 0.605 bits per heavy atom. The molecule has 3 aromatic rings. The third-order valence-electron chi connectivity index (χ3n) is 5.47. The fourth-order valence-corrected chi connectivity index (χ4v) is 3.43. The zero-order chi connectivity index (χ0) is 27.0. The van der Waals surface area contributed by atoms with E-state index in [0.717, 1.165) is 58.7 Å². The van der Waals surface area contributed by atoms with E-state index in [0.29, 0.717) is 19.6 Å². The van der Waals surface area contributed by atoms with Gasteiger partial charge in [0.1, 0.15) is 11.5 Å². The Kier molecular flexibility index (Phi) is 11.4. The van der Waals surface area contributed by atoms with Gasteiger partial charge in [0.15, 0.2) is 0 Å². The molecule has 0 saturated carbocycles. The number of esters is 2. The van der Waals surface area contributed by atoms with Gasteiger partial charge in [-0.2, -0.15) is 0 Å². The SMILES string of the molecule is C=CC(=O)OCC/C=C/Oc1ccc(-c2ccc(-c3ccc(OCCCCOC(=O)C=C)cc3)cc2)cc1. The van der Waals surface area contributed by atoms with Crippen molar-refractivity contribution in [2.24, 2.45) is 0 Å². The van der Waals surface area contributed by atoms with Crippen LogP contribution in [0.25, 0.3) is 22.3 Å². The first-order chi connectivity index (χ1) is 18.6. The van der Waals surface area contributed by atoms with Crippen LogP contribution in [-0.2, 0) is 19.1 Å². The molecule has 0 spiro atoms. The summed E-state index contributed by atoms with van der Waals surface area (Å²) in [6.07, 6.45) is 7.80. The van der Waals surface area contributed by atoms with E-state index < -0.39 is 11.9 Å². The van der Waals surface area contributed by atoms with Crippen molar-refractivity contribution in [3.63, 3.8) is 0 Å². The molecule has 6 heteroatoms. The van der Waals surface area contributed by atoms with Crippen molar-refractivity contribution < 1.29 is 28.5 Å². The summed E-state index contributed by atoms with van der Waals surface area (Å²) in [5.74, 6) is 0.704. The van der Waals surface area contributed by atoms with Gasteiger partial charge in [0.05, 0.1) is 26.1 Å². The van der Waals surface area contributed by atoms with Crippen molar-refractivity contribution in [2.75, 3.05) is 19.8 Å². The summed E-state index contributed by atoms with van der Waals surface area (Å²) in [6.45, 7) is 7.94. The first kappa shape index (κ1) is 28.0. The van der Waals surface area contributed by atoms with Crippen LogP contribution in [-0.4, -0.2) is 31.8 Å². The molecule has 0 heterocycles. The van der Waals surface area contributed by atoms with Crippen molar-refractivity contribution in [2.45, 2.75) is 19.3 Å². The van der Waals surface area contributed by atoms with Crippen molar-refractivity contribution in [3.05, 3.63) is 110 Å². The minimum atomic E-state index is -0.430. The molecule has 0 aliphatic carbocycles. The van der Waals surface area contributed by atoms with Crippen LogP contribution in [0.1, 0.15) is 19.3 Å². The average Bonchev–Trinajstić information content (AvgIpc) is 2.97. The van der Waals surface area contributed by atoms with E-state index in [4.69, 9.17) is 18.9 Å². The van der Waals surface area contributed by atoms with Crippen molar-refractivity contribution in [1.82, 2.24) is 0 Å². The molecule has 0 unspecified atom stereocenters. The van der Waals surface area contributed by atoms with E-state index in [2.05, 4.69) is 37.4 Å². The lowest BCUT2D eigenvalue weighted by molar-refractivity contribution is -0.138. The molecule has 0 radical (unpaired) electrons. The van der Waals surface area contributed by atoms with Gasteiger partial charge in [-0.3, -0.25) is 0 Å². The molecule has 0 saturated heterocycles. The van der Waals surface area contributed by atoms with E-state index in [1.165, 1.54) is 0 Å². The lowest BCUT2D eigenvalue weighted by Crippen LogP contribution is -2.04. The summed E-state index contributed by atoms with van der Waals surface area (Å²) in [5, 5.41) is 0. The van der Waals surface area contributed by atoms with Crippen molar-refractivity contribution in [3.8, 4) is 33.8 Å². The molecule has 0 aliphatic rings. The van der Waals surface area contributed by atoms with Gasteiger partial charge < -0.3 is 18.9 Å². The molecule has 0 aromatic heterocycles. The number of rotatable bonds is 15. The molecule has 0 amide bonds. The predicted molar refractivity (Wildman–Crippen MR) is 149 cm³/mol. The molecule has 0 bridgehead atoms. The van der Waals surface area contributed by atoms with Crippen LogP contribution in [0.15, 0.2) is 110 Å². The van der Waals surface area contributed by atoms with E-state index in [9.17, 15) is 9.59 Å². The van der Waals surface area contributed by atoms with Gasteiger partial charge >= 0.3 is 11.9 Å². The first-order valence-electron chi connectivity index (χ1n) is 12.4. The molecular weight excluding hydrogens is 480 g/mol. The lowest BCUT2D eigenvalue weighted by Gasteiger charge is -2.09. The Morgan fingerprint density at radius 3 is 1.58 bits per heavy atom. The van der Waals surface area contributed by atoms with Gasteiger partial charge in [0.2, 0.25) is 0 Å². The molecule has 0 atom stereocenters. The third kappa shape index (κ3) is 9.47. The normalized spacial score (nSPS) is 10.5. The predicted octanol–water partition coefficient (Wildman–Crippen LogP) is 6.92. The molecule has 6 nitrogen and oxygen atoms in total. The second-order valence-corrected chi connectivity index (χ2v) is 8.20. The Morgan fingerprint density at radius 2 is 1.05 bits per heavy atom. The highest BCUT2D eigenvalue weighted by atomic mass is 16.5. The number of carbonyl (C=O) groups is 2. The molecule has 0 fully saturated rings. The highest BCUT2D eigenvalue weighted by Crippen LogP contribution is 2.27.